The Morgan fingerprint density at radius 2 is 1.53 bits per heavy atom. The van der Waals surface area contributed by atoms with Crippen LogP contribution < -0.4 is 19.1 Å². The first-order valence-electron chi connectivity index (χ1n) is 10.9. The number of nitrogens with one attached hydrogen (secondary N) is 1. The van der Waals surface area contributed by atoms with E-state index in [0.29, 0.717) is 30.2 Å². The highest BCUT2D eigenvalue weighted by Crippen LogP contribution is 2.28. The summed E-state index contributed by atoms with van der Waals surface area (Å²) in [6.07, 6.45) is 0.557. The summed E-state index contributed by atoms with van der Waals surface area (Å²) < 4.78 is 38.6. The van der Waals surface area contributed by atoms with Gasteiger partial charge in [0.2, 0.25) is 5.91 Å². The molecule has 34 heavy (non-hydrogen) atoms. The van der Waals surface area contributed by atoms with Gasteiger partial charge in [-0.05, 0) is 73.4 Å². The number of anilines is 1. The molecule has 1 amide bonds. The van der Waals surface area contributed by atoms with Gasteiger partial charge in [0.05, 0.1) is 24.8 Å². The minimum absolute atomic E-state index is 0.132. The molecule has 0 unspecified atom stereocenters. The predicted molar refractivity (Wildman–Crippen MR) is 133 cm³/mol. The van der Waals surface area contributed by atoms with Gasteiger partial charge < -0.3 is 14.8 Å². The van der Waals surface area contributed by atoms with Crippen molar-refractivity contribution in [3.05, 3.63) is 83.4 Å². The summed E-state index contributed by atoms with van der Waals surface area (Å²) in [6, 6.07) is 19.2. The third-order valence-corrected chi connectivity index (χ3v) is 7.08. The van der Waals surface area contributed by atoms with E-state index >= 15 is 0 Å². The fourth-order valence-electron chi connectivity index (χ4n) is 3.70. The Bertz CT molecular complexity index is 1220. The number of rotatable bonds is 10. The van der Waals surface area contributed by atoms with E-state index in [0.717, 1.165) is 21.0 Å². The number of aryl methyl sites for hydroxylation is 2. The van der Waals surface area contributed by atoms with Crippen LogP contribution in [0.2, 0.25) is 0 Å². The Balaban J connectivity index is 1.77. The van der Waals surface area contributed by atoms with E-state index in [1.807, 2.05) is 38.1 Å². The van der Waals surface area contributed by atoms with Crippen LogP contribution in [0, 0.1) is 13.8 Å². The molecule has 0 radical (unpaired) electrons. The zero-order valence-corrected chi connectivity index (χ0v) is 20.7. The molecule has 7 nitrogen and oxygen atoms in total. The Hall–Kier alpha value is -3.52. The van der Waals surface area contributed by atoms with Gasteiger partial charge in [0.1, 0.15) is 6.54 Å². The van der Waals surface area contributed by atoms with Crippen LogP contribution in [0.1, 0.15) is 16.7 Å². The second-order valence-electron chi connectivity index (χ2n) is 7.96. The second-order valence-corrected chi connectivity index (χ2v) is 9.82. The summed E-state index contributed by atoms with van der Waals surface area (Å²) in [5, 5.41) is 2.83. The zero-order chi connectivity index (χ0) is 24.7. The fraction of sp³-hybridized carbons (Fsp3) is 0.269. The maximum atomic E-state index is 13.4. The van der Waals surface area contributed by atoms with E-state index in [-0.39, 0.29) is 17.3 Å². The molecular weight excluding hydrogens is 452 g/mol. The summed E-state index contributed by atoms with van der Waals surface area (Å²) in [5.41, 5.74) is 3.24. The molecule has 0 bridgehead atoms. The predicted octanol–water partition coefficient (Wildman–Crippen LogP) is 3.87. The summed E-state index contributed by atoms with van der Waals surface area (Å²) in [6.45, 7) is 3.81. The monoisotopic (exact) mass is 482 g/mol. The molecule has 0 atom stereocenters. The van der Waals surface area contributed by atoms with Crippen molar-refractivity contribution in [3.8, 4) is 11.5 Å². The number of carbonyl (C=O) groups excluding carboxylic acids is 1. The maximum Gasteiger partial charge on any atom is 0.264 e. The van der Waals surface area contributed by atoms with Gasteiger partial charge in [0.15, 0.2) is 11.5 Å². The minimum atomic E-state index is -3.93. The van der Waals surface area contributed by atoms with Crippen LogP contribution in [0.5, 0.6) is 11.5 Å². The van der Waals surface area contributed by atoms with Gasteiger partial charge in [0, 0.05) is 6.54 Å². The van der Waals surface area contributed by atoms with Crippen LogP contribution in [0.25, 0.3) is 0 Å². The SMILES string of the molecule is COc1ccc(CCNC(=O)CN(c2cc(C)cc(C)c2)S(=O)(=O)c2ccccc2)cc1OC. The number of hydrogen-bond donors (Lipinski definition) is 1. The van der Waals surface area contributed by atoms with Crippen LogP contribution in [-0.4, -0.2) is 41.6 Å². The van der Waals surface area contributed by atoms with E-state index in [1.54, 1.807) is 44.6 Å². The van der Waals surface area contributed by atoms with Gasteiger partial charge in [-0.25, -0.2) is 8.42 Å². The molecule has 0 aromatic heterocycles. The van der Waals surface area contributed by atoms with Crippen molar-refractivity contribution >= 4 is 21.6 Å². The summed E-state index contributed by atoms with van der Waals surface area (Å²) in [7, 11) is -0.795. The number of methoxy groups -OCH3 is 2. The molecule has 0 aliphatic heterocycles. The van der Waals surface area contributed by atoms with Crippen molar-refractivity contribution in [1.82, 2.24) is 5.32 Å². The Morgan fingerprint density at radius 3 is 2.15 bits per heavy atom. The van der Waals surface area contributed by atoms with Crippen LogP contribution in [-0.2, 0) is 21.2 Å². The van der Waals surface area contributed by atoms with Crippen LogP contribution in [0.4, 0.5) is 5.69 Å². The van der Waals surface area contributed by atoms with Crippen molar-refractivity contribution in [2.75, 3.05) is 31.6 Å². The van der Waals surface area contributed by atoms with Crippen molar-refractivity contribution in [1.29, 1.82) is 0 Å². The average molecular weight is 483 g/mol. The fourth-order valence-corrected chi connectivity index (χ4v) is 5.12. The molecule has 0 saturated carbocycles. The molecule has 0 aliphatic rings. The lowest BCUT2D eigenvalue weighted by molar-refractivity contribution is -0.119. The lowest BCUT2D eigenvalue weighted by Crippen LogP contribution is -2.41. The molecule has 3 aromatic carbocycles. The molecule has 0 aliphatic carbocycles. The molecule has 0 fully saturated rings. The van der Waals surface area contributed by atoms with Gasteiger partial charge in [-0.2, -0.15) is 0 Å². The molecule has 0 heterocycles. The molecular formula is C26H30N2O5S. The molecule has 180 valence electrons. The third kappa shape index (κ3) is 6.08. The lowest BCUT2D eigenvalue weighted by Gasteiger charge is -2.25. The first kappa shape index (κ1) is 25.1. The van der Waals surface area contributed by atoms with Crippen molar-refractivity contribution < 1.29 is 22.7 Å². The van der Waals surface area contributed by atoms with E-state index in [1.165, 1.54) is 12.1 Å². The number of carbonyl (C=O) groups is 1. The molecule has 1 N–H and O–H groups in total. The second kappa shape index (κ2) is 11.1. The summed E-state index contributed by atoms with van der Waals surface area (Å²) in [5.74, 6) is 0.853. The average Bonchev–Trinajstić information content (AvgIpc) is 2.82. The summed E-state index contributed by atoms with van der Waals surface area (Å²) in [4.78, 5) is 13.0. The maximum absolute atomic E-state index is 13.4. The van der Waals surface area contributed by atoms with Gasteiger partial charge >= 0.3 is 0 Å². The normalized spacial score (nSPS) is 11.1. The summed E-state index contributed by atoms with van der Waals surface area (Å²) >= 11 is 0. The molecule has 8 heteroatoms. The van der Waals surface area contributed by atoms with Crippen molar-refractivity contribution in [2.45, 2.75) is 25.2 Å². The number of ether oxygens (including phenoxy) is 2. The molecule has 3 aromatic rings. The number of amides is 1. The Morgan fingerprint density at radius 1 is 0.882 bits per heavy atom. The van der Waals surface area contributed by atoms with Crippen LogP contribution in [0.15, 0.2) is 71.6 Å². The number of benzene rings is 3. The molecule has 0 saturated heterocycles. The standard InChI is InChI=1S/C26H30N2O5S/c1-19-14-20(2)16-22(15-19)28(34(30,31)23-8-6-5-7-9-23)18-26(29)27-13-12-21-10-11-24(32-3)25(17-21)33-4/h5-11,14-17H,12-13,18H2,1-4H3,(H,27,29). The largest absolute Gasteiger partial charge is 0.493 e. The highest BCUT2D eigenvalue weighted by molar-refractivity contribution is 7.92. The van der Waals surface area contributed by atoms with Gasteiger partial charge in [-0.3, -0.25) is 9.10 Å². The van der Waals surface area contributed by atoms with E-state index in [4.69, 9.17) is 9.47 Å². The number of nitrogens with zero attached hydrogens (tertiary/aromatic N) is 1. The zero-order valence-electron chi connectivity index (χ0n) is 19.9. The minimum Gasteiger partial charge on any atom is -0.493 e. The van der Waals surface area contributed by atoms with E-state index < -0.39 is 10.0 Å². The van der Waals surface area contributed by atoms with Crippen molar-refractivity contribution in [3.63, 3.8) is 0 Å². The highest BCUT2D eigenvalue weighted by Gasteiger charge is 2.27. The Labute approximate surface area is 201 Å². The van der Waals surface area contributed by atoms with Crippen molar-refractivity contribution in [2.24, 2.45) is 0 Å². The quantitative estimate of drug-likeness (QED) is 0.474. The van der Waals surface area contributed by atoms with E-state index in [9.17, 15) is 13.2 Å². The number of sulfonamides is 1. The smallest absolute Gasteiger partial charge is 0.264 e. The third-order valence-electron chi connectivity index (χ3n) is 5.30. The first-order chi connectivity index (χ1) is 16.2. The van der Waals surface area contributed by atoms with Gasteiger partial charge in [0.25, 0.3) is 10.0 Å². The Kier molecular flexibility index (Phi) is 8.17. The van der Waals surface area contributed by atoms with E-state index in [2.05, 4.69) is 5.32 Å². The van der Waals surface area contributed by atoms with Crippen LogP contribution in [0.3, 0.4) is 0 Å². The van der Waals surface area contributed by atoms with Gasteiger partial charge in [-0.15, -0.1) is 0 Å². The lowest BCUT2D eigenvalue weighted by atomic mass is 10.1. The number of hydrogen-bond acceptors (Lipinski definition) is 5. The molecule has 0 spiro atoms. The first-order valence-corrected chi connectivity index (χ1v) is 12.3. The molecule has 3 rings (SSSR count). The van der Waals surface area contributed by atoms with Crippen LogP contribution >= 0.6 is 0 Å². The topological polar surface area (TPSA) is 84.9 Å². The highest BCUT2D eigenvalue weighted by atomic mass is 32.2. The van der Waals surface area contributed by atoms with Gasteiger partial charge in [-0.1, -0.05) is 30.3 Å².